The number of nitrogen functional groups attached to an aromatic ring is 1. The normalized spacial score (nSPS) is 13.7. The van der Waals surface area contributed by atoms with Crippen molar-refractivity contribution in [2.24, 2.45) is 0 Å². The van der Waals surface area contributed by atoms with Crippen LogP contribution in [0.15, 0.2) is 18.2 Å². The summed E-state index contributed by atoms with van der Waals surface area (Å²) in [5.74, 6) is -0.142. The zero-order chi connectivity index (χ0) is 12.4. The first-order valence-corrected chi connectivity index (χ1v) is 5.50. The molecule has 17 heavy (non-hydrogen) atoms. The number of amides is 2. The summed E-state index contributed by atoms with van der Waals surface area (Å²) in [7, 11) is 0. The number of benzene rings is 1. The average molecular weight is 233 g/mol. The lowest BCUT2D eigenvalue weighted by molar-refractivity contribution is -0.119. The maximum atomic E-state index is 12.0. The molecule has 90 valence electrons. The van der Waals surface area contributed by atoms with Gasteiger partial charge in [0.25, 0.3) is 5.91 Å². The Morgan fingerprint density at radius 2 is 2.29 bits per heavy atom. The van der Waals surface area contributed by atoms with Gasteiger partial charge in [-0.15, -0.1) is 0 Å². The van der Waals surface area contributed by atoms with Gasteiger partial charge in [0, 0.05) is 32.2 Å². The largest absolute Gasteiger partial charge is 0.398 e. The van der Waals surface area contributed by atoms with Gasteiger partial charge < -0.3 is 16.0 Å². The molecule has 2 amide bonds. The molecule has 0 unspecified atom stereocenters. The summed E-state index contributed by atoms with van der Waals surface area (Å²) < 4.78 is 0. The van der Waals surface area contributed by atoms with E-state index in [2.05, 4.69) is 5.32 Å². The first-order chi connectivity index (χ1) is 8.09. The van der Waals surface area contributed by atoms with E-state index in [4.69, 9.17) is 5.73 Å². The summed E-state index contributed by atoms with van der Waals surface area (Å²) in [5.41, 5.74) is 7.87. The Hall–Kier alpha value is -2.04. The SMILES string of the molecule is CC(=O)NCCN1Cc2cccc(N)c2C1=O. The summed E-state index contributed by atoms with van der Waals surface area (Å²) in [5, 5.41) is 2.67. The third kappa shape index (κ3) is 2.22. The Balaban J connectivity index is 2.05. The molecule has 2 rings (SSSR count). The summed E-state index contributed by atoms with van der Waals surface area (Å²) >= 11 is 0. The molecule has 0 radical (unpaired) electrons. The lowest BCUT2D eigenvalue weighted by Gasteiger charge is -2.15. The molecule has 0 spiro atoms. The molecule has 0 aromatic heterocycles. The summed E-state index contributed by atoms with van der Waals surface area (Å²) in [6.07, 6.45) is 0. The second-order valence-corrected chi connectivity index (χ2v) is 4.09. The number of fused-ring (bicyclic) bond motifs is 1. The van der Waals surface area contributed by atoms with Gasteiger partial charge in [0.05, 0.1) is 5.56 Å². The Bertz CT molecular complexity index is 471. The molecule has 1 aromatic rings. The Labute approximate surface area is 99.6 Å². The van der Waals surface area contributed by atoms with E-state index in [9.17, 15) is 9.59 Å². The Kier molecular flexibility index (Phi) is 2.99. The van der Waals surface area contributed by atoms with Crippen LogP contribution in [0.1, 0.15) is 22.8 Å². The van der Waals surface area contributed by atoms with Gasteiger partial charge in [-0.05, 0) is 11.6 Å². The van der Waals surface area contributed by atoms with E-state index in [0.29, 0.717) is 30.9 Å². The van der Waals surface area contributed by atoms with E-state index < -0.39 is 0 Å². The molecule has 1 heterocycles. The molecular formula is C12H15N3O2. The standard InChI is InChI=1S/C12H15N3O2/c1-8(16)14-5-6-15-7-9-3-2-4-10(13)11(9)12(15)17/h2-4H,5-7,13H2,1H3,(H,14,16). The van der Waals surface area contributed by atoms with Crippen molar-refractivity contribution in [3.8, 4) is 0 Å². The molecule has 5 heteroatoms. The molecular weight excluding hydrogens is 218 g/mol. The Morgan fingerprint density at radius 1 is 1.53 bits per heavy atom. The fourth-order valence-corrected chi connectivity index (χ4v) is 2.00. The van der Waals surface area contributed by atoms with Crippen LogP contribution in [0, 0.1) is 0 Å². The fourth-order valence-electron chi connectivity index (χ4n) is 2.00. The third-order valence-corrected chi connectivity index (χ3v) is 2.80. The van der Waals surface area contributed by atoms with Crippen molar-refractivity contribution < 1.29 is 9.59 Å². The number of carbonyl (C=O) groups excluding carboxylic acids is 2. The number of nitrogens with one attached hydrogen (secondary N) is 1. The van der Waals surface area contributed by atoms with Gasteiger partial charge in [0.2, 0.25) is 5.91 Å². The van der Waals surface area contributed by atoms with Crippen molar-refractivity contribution >= 4 is 17.5 Å². The summed E-state index contributed by atoms with van der Waals surface area (Å²) in [6, 6.07) is 5.48. The van der Waals surface area contributed by atoms with Gasteiger partial charge in [0.15, 0.2) is 0 Å². The number of hydrogen-bond acceptors (Lipinski definition) is 3. The first kappa shape index (κ1) is 11.4. The number of carbonyl (C=O) groups is 2. The molecule has 1 aliphatic rings. The maximum Gasteiger partial charge on any atom is 0.256 e. The van der Waals surface area contributed by atoms with Crippen molar-refractivity contribution in [1.29, 1.82) is 0 Å². The van der Waals surface area contributed by atoms with Gasteiger partial charge in [-0.25, -0.2) is 0 Å². The monoisotopic (exact) mass is 233 g/mol. The molecule has 3 N–H and O–H groups in total. The molecule has 1 aliphatic heterocycles. The van der Waals surface area contributed by atoms with Gasteiger partial charge >= 0.3 is 0 Å². The second-order valence-electron chi connectivity index (χ2n) is 4.09. The van der Waals surface area contributed by atoms with Crippen LogP contribution < -0.4 is 11.1 Å². The average Bonchev–Trinajstić information content (AvgIpc) is 2.57. The maximum absolute atomic E-state index is 12.0. The minimum atomic E-state index is -0.0892. The van der Waals surface area contributed by atoms with Gasteiger partial charge in [-0.2, -0.15) is 0 Å². The summed E-state index contributed by atoms with van der Waals surface area (Å²) in [4.78, 5) is 24.5. The van der Waals surface area contributed by atoms with Crippen LogP contribution in [0.2, 0.25) is 0 Å². The molecule has 0 saturated heterocycles. The van der Waals surface area contributed by atoms with Gasteiger partial charge in [0.1, 0.15) is 0 Å². The molecule has 0 aliphatic carbocycles. The molecule has 0 atom stereocenters. The number of nitrogens with two attached hydrogens (primary N) is 1. The predicted octanol–water partition coefficient (Wildman–Crippen LogP) is 0.361. The highest BCUT2D eigenvalue weighted by molar-refractivity contribution is 6.03. The van der Waals surface area contributed by atoms with Crippen LogP contribution in [-0.2, 0) is 11.3 Å². The molecule has 1 aromatic carbocycles. The number of rotatable bonds is 3. The van der Waals surface area contributed by atoms with E-state index in [1.54, 1.807) is 11.0 Å². The van der Waals surface area contributed by atoms with Crippen LogP contribution in [0.3, 0.4) is 0 Å². The van der Waals surface area contributed by atoms with Crippen LogP contribution in [-0.4, -0.2) is 29.8 Å². The lowest BCUT2D eigenvalue weighted by atomic mass is 10.1. The van der Waals surface area contributed by atoms with Gasteiger partial charge in [-0.1, -0.05) is 12.1 Å². The molecule has 0 bridgehead atoms. The van der Waals surface area contributed by atoms with Crippen molar-refractivity contribution in [3.63, 3.8) is 0 Å². The van der Waals surface area contributed by atoms with Crippen LogP contribution in [0.25, 0.3) is 0 Å². The highest BCUT2D eigenvalue weighted by Gasteiger charge is 2.28. The van der Waals surface area contributed by atoms with E-state index in [1.165, 1.54) is 6.92 Å². The van der Waals surface area contributed by atoms with Crippen LogP contribution in [0.4, 0.5) is 5.69 Å². The van der Waals surface area contributed by atoms with E-state index >= 15 is 0 Å². The number of nitrogens with zero attached hydrogens (tertiary/aromatic N) is 1. The van der Waals surface area contributed by atoms with Gasteiger partial charge in [-0.3, -0.25) is 9.59 Å². The van der Waals surface area contributed by atoms with E-state index in [1.807, 2.05) is 12.1 Å². The highest BCUT2D eigenvalue weighted by atomic mass is 16.2. The fraction of sp³-hybridized carbons (Fsp3) is 0.333. The molecule has 0 fully saturated rings. The lowest BCUT2D eigenvalue weighted by Crippen LogP contribution is -2.34. The highest BCUT2D eigenvalue weighted by Crippen LogP contribution is 2.26. The zero-order valence-corrected chi connectivity index (χ0v) is 9.69. The quantitative estimate of drug-likeness (QED) is 0.740. The molecule has 5 nitrogen and oxygen atoms in total. The zero-order valence-electron chi connectivity index (χ0n) is 9.69. The minimum Gasteiger partial charge on any atom is -0.398 e. The van der Waals surface area contributed by atoms with E-state index in [-0.39, 0.29) is 11.8 Å². The third-order valence-electron chi connectivity index (χ3n) is 2.80. The predicted molar refractivity (Wildman–Crippen MR) is 64.3 cm³/mol. The Morgan fingerprint density at radius 3 is 2.94 bits per heavy atom. The topological polar surface area (TPSA) is 75.4 Å². The van der Waals surface area contributed by atoms with Crippen LogP contribution in [0.5, 0.6) is 0 Å². The van der Waals surface area contributed by atoms with Crippen molar-refractivity contribution in [1.82, 2.24) is 10.2 Å². The van der Waals surface area contributed by atoms with Crippen molar-refractivity contribution in [2.45, 2.75) is 13.5 Å². The second kappa shape index (κ2) is 4.45. The first-order valence-electron chi connectivity index (χ1n) is 5.50. The van der Waals surface area contributed by atoms with Crippen molar-refractivity contribution in [3.05, 3.63) is 29.3 Å². The summed E-state index contributed by atoms with van der Waals surface area (Å²) in [6.45, 7) is 3.00. The van der Waals surface area contributed by atoms with E-state index in [0.717, 1.165) is 5.56 Å². The number of hydrogen-bond donors (Lipinski definition) is 2. The number of anilines is 1. The van der Waals surface area contributed by atoms with Crippen LogP contribution >= 0.6 is 0 Å². The molecule has 0 saturated carbocycles. The minimum absolute atomic E-state index is 0.0524. The van der Waals surface area contributed by atoms with Crippen molar-refractivity contribution in [2.75, 3.05) is 18.8 Å². The smallest absolute Gasteiger partial charge is 0.256 e.